The van der Waals surface area contributed by atoms with Crippen molar-refractivity contribution in [3.63, 3.8) is 0 Å². The predicted molar refractivity (Wildman–Crippen MR) is 122 cm³/mol. The lowest BCUT2D eigenvalue weighted by Gasteiger charge is -2.27. The molecule has 3 aromatic rings. The summed E-state index contributed by atoms with van der Waals surface area (Å²) in [5.74, 6) is 0.138. The van der Waals surface area contributed by atoms with Crippen molar-refractivity contribution in [2.45, 2.75) is 6.54 Å². The van der Waals surface area contributed by atoms with Crippen LogP contribution in [0, 0.1) is 0 Å². The summed E-state index contributed by atoms with van der Waals surface area (Å²) in [7, 11) is -2.12. The molecule has 2 heterocycles. The van der Waals surface area contributed by atoms with Gasteiger partial charge in [0.05, 0.1) is 19.4 Å². The summed E-state index contributed by atoms with van der Waals surface area (Å²) in [6.45, 7) is 0.0904. The Morgan fingerprint density at radius 2 is 1.75 bits per heavy atom. The van der Waals surface area contributed by atoms with Gasteiger partial charge in [0.15, 0.2) is 9.84 Å². The number of carbonyl (C=O) groups excluding carboxylic acids is 1. The predicted octanol–water partition coefficient (Wildman–Crippen LogP) is 3.44. The number of hydrogen-bond donors (Lipinski definition) is 0. The van der Waals surface area contributed by atoms with Crippen LogP contribution in [-0.4, -0.2) is 38.8 Å². The lowest BCUT2D eigenvalue weighted by atomic mass is 10.1. The number of benzene rings is 2. The van der Waals surface area contributed by atoms with E-state index in [1.807, 2.05) is 12.1 Å². The minimum atomic E-state index is -3.70. The van der Waals surface area contributed by atoms with E-state index in [-0.39, 0.29) is 29.6 Å². The second kappa shape index (κ2) is 9.23. The Labute approximate surface area is 186 Å². The van der Waals surface area contributed by atoms with Crippen LogP contribution in [0.25, 0.3) is 4.91 Å². The molecule has 0 unspecified atom stereocenters. The second-order valence-corrected chi connectivity index (χ2v) is 9.16. The first-order valence-corrected chi connectivity index (χ1v) is 11.7. The molecule has 0 aliphatic carbocycles. The number of anilines is 1. The zero-order valence-corrected chi connectivity index (χ0v) is 18.3. The third-order valence-corrected chi connectivity index (χ3v) is 6.76. The highest BCUT2D eigenvalue weighted by Gasteiger charge is 2.36. The molecule has 0 atom stereocenters. The molecule has 7 nitrogen and oxygen atoms in total. The van der Waals surface area contributed by atoms with Crippen LogP contribution in [0.4, 0.5) is 5.82 Å². The van der Waals surface area contributed by atoms with E-state index >= 15 is 0 Å². The van der Waals surface area contributed by atoms with Crippen molar-refractivity contribution < 1.29 is 22.7 Å². The molecule has 0 bridgehead atoms. The molecule has 0 radical (unpaired) electrons. The van der Waals surface area contributed by atoms with Gasteiger partial charge in [-0.15, -0.1) is 0 Å². The van der Waals surface area contributed by atoms with Crippen LogP contribution in [0.1, 0.15) is 11.1 Å². The van der Waals surface area contributed by atoms with Crippen molar-refractivity contribution in [1.82, 2.24) is 4.98 Å². The largest absolute Gasteiger partial charge is 0.497 e. The van der Waals surface area contributed by atoms with Crippen molar-refractivity contribution in [2.75, 3.05) is 24.4 Å². The van der Waals surface area contributed by atoms with Crippen LogP contribution in [0.2, 0.25) is 0 Å². The molecule has 1 aliphatic rings. The lowest BCUT2D eigenvalue weighted by molar-refractivity contribution is -0.118. The van der Waals surface area contributed by atoms with Crippen molar-refractivity contribution in [3.8, 4) is 5.75 Å². The first kappa shape index (κ1) is 21.6. The van der Waals surface area contributed by atoms with E-state index < -0.39 is 15.7 Å². The SMILES string of the molecule is COc1ccc(CN(C(=O)C2=C(c3ccccc3)S(=O)(=O)CCO2)c2ccccn2)cc1. The molecule has 0 saturated heterocycles. The summed E-state index contributed by atoms with van der Waals surface area (Å²) in [6, 6.07) is 21.0. The maximum absolute atomic E-state index is 13.7. The number of ether oxygens (including phenoxy) is 2. The van der Waals surface area contributed by atoms with Crippen LogP contribution in [0.5, 0.6) is 5.75 Å². The van der Waals surface area contributed by atoms with E-state index in [0.29, 0.717) is 17.1 Å². The molecule has 1 aromatic heterocycles. The highest BCUT2D eigenvalue weighted by Crippen LogP contribution is 2.32. The molecule has 0 spiro atoms. The standard InChI is InChI=1S/C24H22N2O5S/c1-30-20-12-10-18(11-13-20)17-26(21-9-5-6-14-25-21)24(27)22-23(19-7-3-2-4-8-19)32(28,29)16-15-31-22/h2-14H,15-17H2,1H3. The van der Waals surface area contributed by atoms with E-state index in [4.69, 9.17) is 9.47 Å². The Hall–Kier alpha value is -3.65. The Balaban J connectivity index is 1.80. The van der Waals surface area contributed by atoms with Gasteiger partial charge in [0.1, 0.15) is 23.1 Å². The van der Waals surface area contributed by atoms with Crippen LogP contribution in [0.3, 0.4) is 0 Å². The van der Waals surface area contributed by atoms with Crippen molar-refractivity contribution in [1.29, 1.82) is 0 Å². The van der Waals surface area contributed by atoms with Gasteiger partial charge in [-0.05, 0) is 35.4 Å². The Morgan fingerprint density at radius 1 is 1.03 bits per heavy atom. The summed E-state index contributed by atoms with van der Waals surface area (Å²) >= 11 is 0. The Morgan fingerprint density at radius 3 is 2.41 bits per heavy atom. The molecule has 0 N–H and O–H groups in total. The number of rotatable bonds is 6. The summed E-state index contributed by atoms with van der Waals surface area (Å²) in [5, 5.41) is 0. The van der Waals surface area contributed by atoms with Crippen LogP contribution >= 0.6 is 0 Å². The fourth-order valence-electron chi connectivity index (χ4n) is 3.43. The Bertz CT molecular complexity index is 1220. The van der Waals surface area contributed by atoms with Gasteiger partial charge in [0.25, 0.3) is 5.91 Å². The van der Waals surface area contributed by atoms with Gasteiger partial charge in [-0.3, -0.25) is 9.69 Å². The lowest BCUT2D eigenvalue weighted by Crippen LogP contribution is -2.36. The van der Waals surface area contributed by atoms with Crippen LogP contribution in [0.15, 0.2) is 84.8 Å². The molecule has 164 valence electrons. The molecule has 32 heavy (non-hydrogen) atoms. The van der Waals surface area contributed by atoms with Crippen molar-refractivity contribution >= 4 is 26.5 Å². The number of aromatic nitrogens is 1. The fraction of sp³-hybridized carbons (Fsp3) is 0.167. The molecule has 0 saturated carbocycles. The maximum atomic E-state index is 13.7. The average Bonchev–Trinajstić information content (AvgIpc) is 2.83. The van der Waals surface area contributed by atoms with E-state index in [0.717, 1.165) is 5.56 Å². The topological polar surface area (TPSA) is 85.8 Å². The zero-order chi connectivity index (χ0) is 22.6. The first-order chi connectivity index (χ1) is 15.5. The number of amides is 1. The van der Waals surface area contributed by atoms with Gasteiger partial charge < -0.3 is 9.47 Å². The number of sulfone groups is 1. The average molecular weight is 451 g/mol. The molecule has 1 aliphatic heterocycles. The molecule has 0 fully saturated rings. The third-order valence-electron chi connectivity index (χ3n) is 5.02. The molecule has 8 heteroatoms. The summed E-state index contributed by atoms with van der Waals surface area (Å²) in [6.07, 6.45) is 1.58. The van der Waals surface area contributed by atoms with Crippen molar-refractivity contribution in [3.05, 3.63) is 95.9 Å². The smallest absolute Gasteiger partial charge is 0.296 e. The van der Waals surface area contributed by atoms with Gasteiger partial charge in [-0.1, -0.05) is 48.5 Å². The van der Waals surface area contributed by atoms with E-state index in [1.165, 1.54) is 4.90 Å². The van der Waals surface area contributed by atoms with Gasteiger partial charge in [0, 0.05) is 6.20 Å². The maximum Gasteiger partial charge on any atom is 0.296 e. The molecular formula is C24H22N2O5S. The minimum Gasteiger partial charge on any atom is -0.497 e. The van der Waals surface area contributed by atoms with Crippen LogP contribution < -0.4 is 9.64 Å². The second-order valence-electron chi connectivity index (χ2n) is 7.12. The van der Waals surface area contributed by atoms with Gasteiger partial charge in [0.2, 0.25) is 5.76 Å². The molecule has 4 rings (SSSR count). The number of hydrogen-bond acceptors (Lipinski definition) is 6. The van der Waals surface area contributed by atoms with Crippen molar-refractivity contribution in [2.24, 2.45) is 0 Å². The summed E-state index contributed by atoms with van der Waals surface area (Å²) < 4.78 is 36.8. The monoisotopic (exact) mass is 450 g/mol. The van der Waals surface area contributed by atoms with E-state index in [2.05, 4.69) is 4.98 Å². The zero-order valence-electron chi connectivity index (χ0n) is 17.5. The quantitative estimate of drug-likeness (QED) is 0.572. The number of methoxy groups -OCH3 is 1. The summed E-state index contributed by atoms with van der Waals surface area (Å²) in [5.41, 5.74) is 1.24. The Kier molecular flexibility index (Phi) is 6.23. The third kappa shape index (κ3) is 4.50. The highest BCUT2D eigenvalue weighted by molar-refractivity contribution is 8.00. The number of nitrogens with zero attached hydrogens (tertiary/aromatic N) is 2. The first-order valence-electron chi connectivity index (χ1n) is 10.0. The molecule has 2 aromatic carbocycles. The highest BCUT2D eigenvalue weighted by atomic mass is 32.2. The number of carbonyl (C=O) groups is 1. The molecular weight excluding hydrogens is 428 g/mol. The minimum absolute atomic E-state index is 0.0850. The fourth-order valence-corrected chi connectivity index (χ4v) is 4.86. The van der Waals surface area contributed by atoms with E-state index in [9.17, 15) is 13.2 Å². The van der Waals surface area contributed by atoms with Gasteiger partial charge in [-0.2, -0.15) is 0 Å². The van der Waals surface area contributed by atoms with Gasteiger partial charge >= 0.3 is 0 Å². The normalized spacial score (nSPS) is 15.0. The van der Waals surface area contributed by atoms with Crippen LogP contribution in [-0.2, 0) is 25.9 Å². The molecule has 1 amide bonds. The van der Waals surface area contributed by atoms with Gasteiger partial charge in [-0.25, -0.2) is 13.4 Å². The summed E-state index contributed by atoms with van der Waals surface area (Å²) in [4.78, 5) is 19.3. The van der Waals surface area contributed by atoms with E-state index in [1.54, 1.807) is 74.0 Å². The number of pyridine rings is 1.